The van der Waals surface area contributed by atoms with E-state index in [1.165, 1.54) is 5.56 Å². The molecular weight excluding hydrogens is 502 g/mol. The summed E-state index contributed by atoms with van der Waals surface area (Å²) in [7, 11) is 0. The summed E-state index contributed by atoms with van der Waals surface area (Å²) in [5, 5.41) is 2.07. The van der Waals surface area contributed by atoms with Gasteiger partial charge in [0, 0.05) is 33.2 Å². The minimum absolute atomic E-state index is 0.659. The van der Waals surface area contributed by atoms with E-state index in [0.717, 1.165) is 72.7 Å². The Kier molecular flexibility index (Phi) is 5.16. The number of rotatable bonds is 3. The van der Waals surface area contributed by atoms with E-state index in [0.29, 0.717) is 5.82 Å². The second-order valence-corrected chi connectivity index (χ2v) is 10.3. The van der Waals surface area contributed by atoms with E-state index in [-0.39, 0.29) is 0 Å². The topological polar surface area (TPSA) is 42.2 Å². The van der Waals surface area contributed by atoms with Gasteiger partial charge in [-0.1, -0.05) is 104 Å². The molecule has 7 aromatic rings. The van der Waals surface area contributed by atoms with Crippen molar-refractivity contribution in [2.45, 2.75) is 6.92 Å². The van der Waals surface area contributed by atoms with E-state index in [2.05, 4.69) is 91.2 Å². The molecule has 0 fully saturated rings. The predicted octanol–water partition coefficient (Wildman–Crippen LogP) is 9.81. The van der Waals surface area contributed by atoms with E-state index in [4.69, 9.17) is 14.4 Å². The van der Waals surface area contributed by atoms with Crippen LogP contribution in [0.5, 0.6) is 0 Å². The van der Waals surface area contributed by atoms with Crippen LogP contribution in [-0.2, 0) is 0 Å². The van der Waals surface area contributed by atoms with Gasteiger partial charge in [-0.2, -0.15) is 0 Å². The van der Waals surface area contributed by atoms with Crippen molar-refractivity contribution in [3.8, 4) is 33.9 Å². The standard InChI is InChI=1S/C37H25N3O/c1-23-13-6-9-19-29(23)40-24(2)33-35(25-14-4-3-5-15-25)38-37(39-36(33)26-16-7-10-20-30(26)40)28-18-12-22-32-34(28)27-17-8-11-21-31(27)41-32/h3-22H,2H2,1H3. The Morgan fingerprint density at radius 1 is 0.610 bits per heavy atom. The highest BCUT2D eigenvalue weighted by Crippen LogP contribution is 2.50. The Balaban J connectivity index is 1.46. The Morgan fingerprint density at radius 3 is 2.12 bits per heavy atom. The van der Waals surface area contributed by atoms with Crippen LogP contribution in [0, 0.1) is 6.92 Å². The molecule has 41 heavy (non-hydrogen) atoms. The lowest BCUT2D eigenvalue weighted by Gasteiger charge is -2.36. The Morgan fingerprint density at radius 2 is 1.27 bits per heavy atom. The fraction of sp³-hybridized carbons (Fsp3) is 0.0270. The van der Waals surface area contributed by atoms with Crippen LogP contribution in [-0.4, -0.2) is 9.97 Å². The quantitative estimate of drug-likeness (QED) is 0.229. The smallest absolute Gasteiger partial charge is 0.161 e. The van der Waals surface area contributed by atoms with Gasteiger partial charge in [0.2, 0.25) is 0 Å². The third kappa shape index (κ3) is 3.54. The maximum Gasteiger partial charge on any atom is 0.161 e. The fourth-order valence-corrected chi connectivity index (χ4v) is 6.03. The zero-order valence-electron chi connectivity index (χ0n) is 22.5. The molecule has 3 heterocycles. The zero-order chi connectivity index (χ0) is 27.5. The average Bonchev–Trinajstić information content (AvgIpc) is 3.41. The first kappa shape index (κ1) is 23.4. The molecule has 2 aromatic heterocycles. The van der Waals surface area contributed by atoms with Gasteiger partial charge in [-0.3, -0.25) is 0 Å². The number of benzene rings is 5. The number of aryl methyl sites for hydroxylation is 1. The van der Waals surface area contributed by atoms with Crippen molar-refractivity contribution < 1.29 is 4.42 Å². The molecule has 0 bridgehead atoms. The summed E-state index contributed by atoms with van der Waals surface area (Å²) in [6.45, 7) is 6.79. The van der Waals surface area contributed by atoms with Gasteiger partial charge in [-0.15, -0.1) is 0 Å². The highest BCUT2D eigenvalue weighted by atomic mass is 16.3. The van der Waals surface area contributed by atoms with Gasteiger partial charge in [0.25, 0.3) is 0 Å². The molecule has 0 saturated carbocycles. The molecule has 5 aromatic carbocycles. The van der Waals surface area contributed by atoms with Crippen LogP contribution in [0.2, 0.25) is 0 Å². The predicted molar refractivity (Wildman–Crippen MR) is 168 cm³/mol. The molecular formula is C37H25N3O. The third-order valence-electron chi connectivity index (χ3n) is 7.91. The molecule has 0 aliphatic carbocycles. The number of para-hydroxylation sites is 3. The van der Waals surface area contributed by atoms with Crippen LogP contribution in [0.25, 0.3) is 61.5 Å². The van der Waals surface area contributed by atoms with Crippen LogP contribution >= 0.6 is 0 Å². The van der Waals surface area contributed by atoms with Crippen molar-refractivity contribution in [3.05, 3.63) is 139 Å². The number of aromatic nitrogens is 2. The Labute approximate surface area is 237 Å². The number of hydrogen-bond donors (Lipinski definition) is 0. The van der Waals surface area contributed by atoms with Crippen LogP contribution in [0.4, 0.5) is 11.4 Å². The lowest BCUT2D eigenvalue weighted by atomic mass is 9.91. The van der Waals surface area contributed by atoms with Crippen molar-refractivity contribution in [2.75, 3.05) is 4.90 Å². The maximum atomic E-state index is 6.21. The normalized spacial score (nSPS) is 12.5. The van der Waals surface area contributed by atoms with Gasteiger partial charge in [0.1, 0.15) is 11.2 Å². The summed E-state index contributed by atoms with van der Waals surface area (Å²) in [5.74, 6) is 0.659. The van der Waals surface area contributed by atoms with Crippen LogP contribution < -0.4 is 4.90 Å². The second-order valence-electron chi connectivity index (χ2n) is 10.3. The van der Waals surface area contributed by atoms with Crippen molar-refractivity contribution in [2.24, 2.45) is 0 Å². The number of hydrogen-bond acceptors (Lipinski definition) is 4. The van der Waals surface area contributed by atoms with Gasteiger partial charge < -0.3 is 9.32 Å². The van der Waals surface area contributed by atoms with E-state index < -0.39 is 0 Å². The lowest BCUT2D eigenvalue weighted by molar-refractivity contribution is 0.669. The lowest BCUT2D eigenvalue weighted by Crippen LogP contribution is -2.22. The van der Waals surface area contributed by atoms with Gasteiger partial charge in [0.15, 0.2) is 5.82 Å². The van der Waals surface area contributed by atoms with Crippen molar-refractivity contribution in [3.63, 3.8) is 0 Å². The molecule has 0 spiro atoms. The Bertz CT molecular complexity index is 2120. The molecule has 0 radical (unpaired) electrons. The van der Waals surface area contributed by atoms with Crippen LogP contribution in [0.1, 0.15) is 11.1 Å². The molecule has 0 saturated heterocycles. The van der Waals surface area contributed by atoms with Crippen LogP contribution in [0.3, 0.4) is 0 Å². The van der Waals surface area contributed by atoms with E-state index in [9.17, 15) is 0 Å². The minimum Gasteiger partial charge on any atom is -0.456 e. The number of nitrogens with zero attached hydrogens (tertiary/aromatic N) is 3. The first-order valence-corrected chi connectivity index (χ1v) is 13.7. The summed E-state index contributed by atoms with van der Waals surface area (Å²) < 4.78 is 6.21. The molecule has 1 aliphatic heterocycles. The van der Waals surface area contributed by atoms with E-state index in [1.54, 1.807) is 0 Å². The van der Waals surface area contributed by atoms with E-state index in [1.807, 2.05) is 48.5 Å². The molecule has 1 aliphatic rings. The molecule has 0 amide bonds. The van der Waals surface area contributed by atoms with Gasteiger partial charge in [0.05, 0.1) is 28.3 Å². The first-order valence-electron chi connectivity index (χ1n) is 13.7. The average molecular weight is 528 g/mol. The highest BCUT2D eigenvalue weighted by molar-refractivity contribution is 6.12. The molecule has 194 valence electrons. The molecule has 8 rings (SSSR count). The van der Waals surface area contributed by atoms with Gasteiger partial charge in [-0.25, -0.2) is 9.97 Å². The van der Waals surface area contributed by atoms with E-state index >= 15 is 0 Å². The summed E-state index contributed by atoms with van der Waals surface area (Å²) in [4.78, 5) is 12.8. The largest absolute Gasteiger partial charge is 0.456 e. The summed E-state index contributed by atoms with van der Waals surface area (Å²) >= 11 is 0. The summed E-state index contributed by atoms with van der Waals surface area (Å²) in [5.41, 5.74) is 11.5. The third-order valence-corrected chi connectivity index (χ3v) is 7.91. The SMILES string of the molecule is C=C1c2c(-c3ccccc3)nc(-c3cccc4oc5ccccc5c34)nc2-c2ccccc2N1c1ccccc1C. The van der Waals surface area contributed by atoms with Crippen molar-refractivity contribution in [1.29, 1.82) is 0 Å². The molecule has 0 atom stereocenters. The number of fused-ring (bicyclic) bond motifs is 6. The zero-order valence-corrected chi connectivity index (χ0v) is 22.5. The fourth-order valence-electron chi connectivity index (χ4n) is 6.03. The first-order chi connectivity index (χ1) is 20.2. The maximum absolute atomic E-state index is 6.21. The summed E-state index contributed by atoms with van der Waals surface area (Å²) in [6, 6.07) is 41.4. The van der Waals surface area contributed by atoms with Crippen molar-refractivity contribution in [1.82, 2.24) is 9.97 Å². The summed E-state index contributed by atoms with van der Waals surface area (Å²) in [6.07, 6.45) is 0. The molecule has 4 nitrogen and oxygen atoms in total. The van der Waals surface area contributed by atoms with Gasteiger partial charge >= 0.3 is 0 Å². The van der Waals surface area contributed by atoms with Crippen molar-refractivity contribution >= 4 is 39.0 Å². The second kappa shape index (κ2) is 9.04. The molecule has 4 heteroatoms. The Hall–Kier alpha value is -5.48. The van der Waals surface area contributed by atoms with Crippen LogP contribution in [0.15, 0.2) is 132 Å². The number of furan rings is 1. The number of anilines is 2. The molecule has 0 unspecified atom stereocenters. The molecule has 0 N–H and O–H groups in total. The highest BCUT2D eigenvalue weighted by Gasteiger charge is 2.32. The minimum atomic E-state index is 0.659. The van der Waals surface area contributed by atoms with Gasteiger partial charge in [-0.05, 0) is 36.8 Å². The monoisotopic (exact) mass is 527 g/mol.